The van der Waals surface area contributed by atoms with Gasteiger partial charge in [0.1, 0.15) is 5.69 Å². The Morgan fingerprint density at radius 1 is 1.07 bits per heavy atom. The molecule has 0 atom stereocenters. The summed E-state index contributed by atoms with van der Waals surface area (Å²) in [7, 11) is 0. The molecule has 1 aromatic rings. The van der Waals surface area contributed by atoms with Gasteiger partial charge in [-0.3, -0.25) is 9.69 Å². The normalized spacial score (nSPS) is 19.8. The van der Waals surface area contributed by atoms with E-state index in [1.165, 1.54) is 12.3 Å². The van der Waals surface area contributed by atoms with Crippen LogP contribution in [-0.2, 0) is 11.0 Å². The van der Waals surface area contributed by atoms with Gasteiger partial charge in [-0.05, 0) is 45.2 Å². The molecular weight excluding hydrogens is 381 g/mol. The number of piperidine rings is 1. The lowest BCUT2D eigenvalue weighted by molar-refractivity contribution is -0.141. The van der Waals surface area contributed by atoms with Crippen molar-refractivity contribution in [3.8, 4) is 0 Å². The van der Waals surface area contributed by atoms with E-state index in [9.17, 15) is 18.0 Å². The molecule has 0 unspecified atom stereocenters. The van der Waals surface area contributed by atoms with Crippen LogP contribution in [0.1, 0.15) is 46.2 Å². The molecule has 2 aliphatic heterocycles. The minimum absolute atomic E-state index is 0. The maximum Gasteiger partial charge on any atom is 0.433 e. The van der Waals surface area contributed by atoms with Crippen LogP contribution in [0.4, 0.5) is 18.9 Å². The second-order valence-corrected chi connectivity index (χ2v) is 7.97. The molecule has 2 fully saturated rings. The minimum Gasteiger partial charge on any atom is -0.370 e. The Kier molecular flexibility index (Phi) is 7.91. The summed E-state index contributed by atoms with van der Waals surface area (Å²) in [4.78, 5) is 22.9. The molecule has 8 heteroatoms. The van der Waals surface area contributed by atoms with Gasteiger partial charge in [0.15, 0.2) is 0 Å². The van der Waals surface area contributed by atoms with Gasteiger partial charge < -0.3 is 9.80 Å². The predicted octanol–water partition coefficient (Wildman–Crippen LogP) is 3.90. The van der Waals surface area contributed by atoms with Gasteiger partial charge in [-0.2, -0.15) is 13.2 Å². The number of hydrogen-bond acceptors (Lipinski definition) is 4. The molecule has 0 spiro atoms. The van der Waals surface area contributed by atoms with Gasteiger partial charge in [0, 0.05) is 51.2 Å². The van der Waals surface area contributed by atoms with E-state index in [2.05, 4.69) is 23.7 Å². The van der Waals surface area contributed by atoms with Crippen molar-refractivity contribution in [3.05, 3.63) is 24.0 Å². The number of alkyl halides is 3. The molecule has 0 radical (unpaired) electrons. The second kappa shape index (κ2) is 9.78. The van der Waals surface area contributed by atoms with Crippen molar-refractivity contribution in [1.29, 1.82) is 0 Å². The molecule has 29 heavy (non-hydrogen) atoms. The predicted molar refractivity (Wildman–Crippen MR) is 109 cm³/mol. The number of pyridine rings is 1. The largest absolute Gasteiger partial charge is 0.433 e. The second-order valence-electron chi connectivity index (χ2n) is 7.97. The first-order valence-corrected chi connectivity index (χ1v) is 10.1. The summed E-state index contributed by atoms with van der Waals surface area (Å²) in [5.74, 6) is 0.236. The lowest BCUT2D eigenvalue weighted by Crippen LogP contribution is -2.44. The highest BCUT2D eigenvalue weighted by Crippen LogP contribution is 2.30. The van der Waals surface area contributed by atoms with E-state index in [1.54, 1.807) is 0 Å². The van der Waals surface area contributed by atoms with Gasteiger partial charge in [-0.15, -0.1) is 0 Å². The van der Waals surface area contributed by atoms with Gasteiger partial charge in [0.05, 0.1) is 11.9 Å². The molecule has 1 aromatic heterocycles. The van der Waals surface area contributed by atoms with Crippen molar-refractivity contribution in [2.24, 2.45) is 5.92 Å². The lowest BCUT2D eigenvalue weighted by Gasteiger charge is -2.35. The first-order valence-electron chi connectivity index (χ1n) is 10.1. The molecule has 0 N–H and O–H groups in total. The molecule has 0 aromatic carbocycles. The van der Waals surface area contributed by atoms with Crippen LogP contribution >= 0.6 is 0 Å². The summed E-state index contributed by atoms with van der Waals surface area (Å²) in [6.45, 7) is 9.23. The summed E-state index contributed by atoms with van der Waals surface area (Å²) in [5.41, 5.74) is -0.195. The molecule has 0 bridgehead atoms. The van der Waals surface area contributed by atoms with Gasteiger partial charge in [-0.25, -0.2) is 4.98 Å². The SMILES string of the molecule is C.CC(C)N1CCCN(C(=O)C2CCN(c3ccc(C(F)(F)F)nc3)CC2)CC1. The number of amides is 1. The van der Waals surface area contributed by atoms with Crippen LogP contribution in [0, 0.1) is 5.92 Å². The van der Waals surface area contributed by atoms with Crippen LogP contribution in [-0.4, -0.2) is 66.0 Å². The third kappa shape index (κ3) is 5.84. The smallest absolute Gasteiger partial charge is 0.370 e. The quantitative estimate of drug-likeness (QED) is 0.752. The van der Waals surface area contributed by atoms with E-state index in [4.69, 9.17) is 0 Å². The Hall–Kier alpha value is -1.83. The van der Waals surface area contributed by atoms with Crippen molar-refractivity contribution < 1.29 is 18.0 Å². The Balaban J connectivity index is 0.00000300. The topological polar surface area (TPSA) is 39.7 Å². The summed E-state index contributed by atoms with van der Waals surface area (Å²) < 4.78 is 38.0. The van der Waals surface area contributed by atoms with Crippen molar-refractivity contribution in [1.82, 2.24) is 14.8 Å². The van der Waals surface area contributed by atoms with Crippen LogP contribution in [0.5, 0.6) is 0 Å². The highest BCUT2D eigenvalue weighted by atomic mass is 19.4. The summed E-state index contributed by atoms with van der Waals surface area (Å²) in [5, 5.41) is 0. The number of halogens is 3. The van der Waals surface area contributed by atoms with Crippen LogP contribution in [0.15, 0.2) is 18.3 Å². The fourth-order valence-electron chi connectivity index (χ4n) is 4.06. The highest BCUT2D eigenvalue weighted by molar-refractivity contribution is 5.79. The van der Waals surface area contributed by atoms with Gasteiger partial charge in [0.25, 0.3) is 0 Å². The van der Waals surface area contributed by atoms with Crippen LogP contribution in [0.25, 0.3) is 0 Å². The van der Waals surface area contributed by atoms with E-state index in [-0.39, 0.29) is 19.3 Å². The Labute approximate surface area is 171 Å². The van der Waals surface area contributed by atoms with Gasteiger partial charge in [-0.1, -0.05) is 7.43 Å². The summed E-state index contributed by atoms with van der Waals surface area (Å²) in [6, 6.07) is 2.98. The van der Waals surface area contributed by atoms with Crippen LogP contribution in [0.2, 0.25) is 0 Å². The summed E-state index contributed by atoms with van der Waals surface area (Å²) >= 11 is 0. The molecule has 1 amide bonds. The average Bonchev–Trinajstić information content (AvgIpc) is 2.93. The van der Waals surface area contributed by atoms with Gasteiger partial charge >= 0.3 is 6.18 Å². The molecule has 3 heterocycles. The third-order valence-electron chi connectivity index (χ3n) is 5.82. The molecule has 2 aliphatic rings. The Morgan fingerprint density at radius 3 is 2.31 bits per heavy atom. The number of carbonyl (C=O) groups is 1. The monoisotopic (exact) mass is 414 g/mol. The fraction of sp³-hybridized carbons (Fsp3) is 0.714. The average molecular weight is 415 g/mol. The molecule has 3 rings (SSSR count). The first kappa shape index (κ1) is 23.4. The van der Waals surface area contributed by atoms with Gasteiger partial charge in [0.2, 0.25) is 5.91 Å². The minimum atomic E-state index is -4.42. The van der Waals surface area contributed by atoms with Crippen molar-refractivity contribution in [3.63, 3.8) is 0 Å². The zero-order valence-corrected chi connectivity index (χ0v) is 16.6. The molecule has 2 saturated heterocycles. The highest BCUT2D eigenvalue weighted by Gasteiger charge is 2.33. The number of rotatable bonds is 3. The molecule has 0 saturated carbocycles. The zero-order chi connectivity index (χ0) is 20.3. The summed E-state index contributed by atoms with van der Waals surface area (Å²) in [6.07, 6.45) is -0.689. The fourth-order valence-corrected chi connectivity index (χ4v) is 4.06. The van der Waals surface area contributed by atoms with Crippen molar-refractivity contribution in [2.45, 2.75) is 52.8 Å². The molecule has 164 valence electrons. The number of anilines is 1. The zero-order valence-electron chi connectivity index (χ0n) is 16.6. The van der Waals surface area contributed by atoms with E-state index in [0.29, 0.717) is 24.8 Å². The van der Waals surface area contributed by atoms with E-state index < -0.39 is 11.9 Å². The molecule has 0 aliphatic carbocycles. The van der Waals surface area contributed by atoms with E-state index >= 15 is 0 Å². The van der Waals surface area contributed by atoms with Crippen LogP contribution in [0.3, 0.4) is 0 Å². The Bertz CT molecular complexity index is 655. The number of nitrogens with zero attached hydrogens (tertiary/aromatic N) is 4. The molecule has 5 nitrogen and oxygen atoms in total. The number of hydrogen-bond donors (Lipinski definition) is 0. The first-order chi connectivity index (χ1) is 13.3. The number of aromatic nitrogens is 1. The van der Waals surface area contributed by atoms with Crippen LogP contribution < -0.4 is 4.90 Å². The standard InChI is InChI=1S/C20H29F3N4O.CH4/c1-15(2)25-8-3-9-27(13-12-25)19(28)16-6-10-26(11-7-16)17-4-5-18(24-14-17)20(21,22)23;/h4-5,14-16H,3,6-13H2,1-2H3;1H4. The molecular formula is C21H33F3N4O. The number of carbonyl (C=O) groups excluding carboxylic acids is 1. The maximum absolute atomic E-state index is 12.9. The third-order valence-corrected chi connectivity index (χ3v) is 5.82. The lowest BCUT2D eigenvalue weighted by atomic mass is 9.95. The van der Waals surface area contributed by atoms with Crippen molar-refractivity contribution in [2.75, 3.05) is 44.2 Å². The van der Waals surface area contributed by atoms with E-state index in [1.807, 2.05) is 9.80 Å². The Morgan fingerprint density at radius 2 is 1.76 bits per heavy atom. The maximum atomic E-state index is 12.9. The van der Waals surface area contributed by atoms with Crippen molar-refractivity contribution >= 4 is 11.6 Å². The van der Waals surface area contributed by atoms with E-state index in [0.717, 1.165) is 51.5 Å².